The van der Waals surface area contributed by atoms with Crippen molar-refractivity contribution in [2.24, 2.45) is 5.92 Å². The van der Waals surface area contributed by atoms with Crippen molar-refractivity contribution in [2.75, 3.05) is 0 Å². The predicted octanol–water partition coefficient (Wildman–Crippen LogP) is 5.51. The van der Waals surface area contributed by atoms with E-state index in [-0.39, 0.29) is 0 Å². The lowest BCUT2D eigenvalue weighted by Crippen LogP contribution is -1.97. The Morgan fingerprint density at radius 3 is 2.07 bits per heavy atom. The second-order valence-electron chi connectivity index (χ2n) is 4.50. The van der Waals surface area contributed by atoms with Gasteiger partial charge in [0, 0.05) is 0 Å². The molecule has 0 amide bonds. The van der Waals surface area contributed by atoms with E-state index in [9.17, 15) is 0 Å². The minimum absolute atomic E-state index is 0.796. The fraction of sp³-hybridized carbons (Fsp3) is 0.733. The Kier molecular flexibility index (Phi) is 8.46. The van der Waals surface area contributed by atoms with Gasteiger partial charge in [0.25, 0.3) is 0 Å². The van der Waals surface area contributed by atoms with Crippen molar-refractivity contribution in [2.45, 2.75) is 66.7 Å². The Morgan fingerprint density at radius 2 is 1.60 bits per heavy atom. The number of rotatable bonds is 7. The molecule has 0 aromatic carbocycles. The zero-order chi connectivity index (χ0) is 11.7. The van der Waals surface area contributed by atoms with Gasteiger partial charge in [0.05, 0.1) is 0 Å². The van der Waals surface area contributed by atoms with Gasteiger partial charge >= 0.3 is 0 Å². The van der Waals surface area contributed by atoms with Crippen LogP contribution in [-0.2, 0) is 0 Å². The van der Waals surface area contributed by atoms with Crippen LogP contribution in [0.25, 0.3) is 0 Å². The number of hydrogen-bond acceptors (Lipinski definition) is 0. The van der Waals surface area contributed by atoms with Crippen molar-refractivity contribution in [1.82, 2.24) is 0 Å². The molecular weight excluding hydrogens is 180 g/mol. The van der Waals surface area contributed by atoms with E-state index in [0.717, 1.165) is 12.3 Å². The highest BCUT2D eigenvalue weighted by Gasteiger charge is 2.03. The van der Waals surface area contributed by atoms with E-state index >= 15 is 0 Å². The monoisotopic (exact) mass is 208 g/mol. The van der Waals surface area contributed by atoms with Gasteiger partial charge in [-0.25, -0.2) is 0 Å². The van der Waals surface area contributed by atoms with Gasteiger partial charge in [0.1, 0.15) is 0 Å². The standard InChI is InChI=1S/C15H28/c1-6-10-13(4)11-9-12-14(5)15(7-2)8-3/h11-12,15H,6-10H2,1-5H3. The fourth-order valence-corrected chi connectivity index (χ4v) is 2.04. The van der Waals surface area contributed by atoms with Crippen LogP contribution in [0.4, 0.5) is 0 Å². The van der Waals surface area contributed by atoms with Gasteiger partial charge in [-0.15, -0.1) is 0 Å². The first-order valence-corrected chi connectivity index (χ1v) is 6.47. The summed E-state index contributed by atoms with van der Waals surface area (Å²) in [6.45, 7) is 11.3. The molecular formula is C15H28. The van der Waals surface area contributed by atoms with E-state index < -0.39 is 0 Å². The summed E-state index contributed by atoms with van der Waals surface area (Å²) in [4.78, 5) is 0. The molecule has 0 nitrogen and oxygen atoms in total. The minimum Gasteiger partial charge on any atom is -0.0818 e. The lowest BCUT2D eigenvalue weighted by Gasteiger charge is -2.12. The highest BCUT2D eigenvalue weighted by Crippen LogP contribution is 2.18. The van der Waals surface area contributed by atoms with Crippen LogP contribution in [0.5, 0.6) is 0 Å². The van der Waals surface area contributed by atoms with Gasteiger partial charge in [-0.2, -0.15) is 0 Å². The molecule has 0 N–H and O–H groups in total. The molecule has 88 valence electrons. The molecule has 0 saturated carbocycles. The summed E-state index contributed by atoms with van der Waals surface area (Å²) in [5.41, 5.74) is 3.10. The van der Waals surface area contributed by atoms with Crippen molar-refractivity contribution in [3.63, 3.8) is 0 Å². The van der Waals surface area contributed by atoms with Crippen molar-refractivity contribution in [3.05, 3.63) is 23.3 Å². The molecule has 0 saturated heterocycles. The molecule has 0 aliphatic heterocycles. The van der Waals surface area contributed by atoms with Gasteiger partial charge in [0.2, 0.25) is 0 Å². The largest absolute Gasteiger partial charge is 0.0818 e. The molecule has 0 aromatic heterocycles. The van der Waals surface area contributed by atoms with Crippen molar-refractivity contribution in [1.29, 1.82) is 0 Å². The van der Waals surface area contributed by atoms with Crippen LogP contribution in [0, 0.1) is 5.92 Å². The maximum Gasteiger partial charge on any atom is -0.0164 e. The summed E-state index contributed by atoms with van der Waals surface area (Å²) in [5.74, 6) is 0.796. The molecule has 0 bridgehead atoms. The molecule has 0 aliphatic rings. The van der Waals surface area contributed by atoms with Crippen LogP contribution in [0.1, 0.15) is 66.7 Å². The van der Waals surface area contributed by atoms with Gasteiger partial charge in [0.15, 0.2) is 0 Å². The Morgan fingerprint density at radius 1 is 1.00 bits per heavy atom. The maximum atomic E-state index is 2.40. The van der Waals surface area contributed by atoms with Gasteiger partial charge < -0.3 is 0 Å². The fourth-order valence-electron chi connectivity index (χ4n) is 2.04. The lowest BCUT2D eigenvalue weighted by atomic mass is 9.94. The highest BCUT2D eigenvalue weighted by atomic mass is 14.1. The Bertz CT molecular complexity index is 204. The molecule has 0 radical (unpaired) electrons. The predicted molar refractivity (Wildman–Crippen MR) is 71.1 cm³/mol. The molecule has 0 rings (SSSR count). The summed E-state index contributed by atoms with van der Waals surface area (Å²) < 4.78 is 0. The quantitative estimate of drug-likeness (QED) is 0.484. The Balaban J connectivity index is 4.09. The minimum atomic E-state index is 0.796. The van der Waals surface area contributed by atoms with Crippen LogP contribution in [0.3, 0.4) is 0 Å². The molecule has 0 fully saturated rings. The molecule has 0 atom stereocenters. The van der Waals surface area contributed by atoms with Crippen LogP contribution in [0.2, 0.25) is 0 Å². The zero-order valence-corrected chi connectivity index (χ0v) is 11.3. The van der Waals surface area contributed by atoms with Gasteiger partial charge in [-0.1, -0.05) is 50.5 Å². The van der Waals surface area contributed by atoms with E-state index in [4.69, 9.17) is 0 Å². The molecule has 0 unspecified atom stereocenters. The maximum absolute atomic E-state index is 2.40. The van der Waals surface area contributed by atoms with Crippen molar-refractivity contribution >= 4 is 0 Å². The van der Waals surface area contributed by atoms with Crippen molar-refractivity contribution < 1.29 is 0 Å². The van der Waals surface area contributed by atoms with Crippen LogP contribution in [-0.4, -0.2) is 0 Å². The van der Waals surface area contributed by atoms with E-state index in [2.05, 4.69) is 46.8 Å². The average Bonchev–Trinajstić information content (AvgIpc) is 2.20. The summed E-state index contributed by atoms with van der Waals surface area (Å²) in [5, 5.41) is 0. The smallest absolute Gasteiger partial charge is 0.0164 e. The summed E-state index contributed by atoms with van der Waals surface area (Å²) in [7, 11) is 0. The molecule has 0 aliphatic carbocycles. The first-order valence-electron chi connectivity index (χ1n) is 6.47. The first kappa shape index (κ1) is 14.5. The summed E-state index contributed by atoms with van der Waals surface area (Å²) >= 11 is 0. The van der Waals surface area contributed by atoms with Crippen LogP contribution < -0.4 is 0 Å². The van der Waals surface area contributed by atoms with Crippen LogP contribution in [0.15, 0.2) is 23.3 Å². The topological polar surface area (TPSA) is 0 Å². The lowest BCUT2D eigenvalue weighted by molar-refractivity contribution is 0.570. The highest BCUT2D eigenvalue weighted by molar-refractivity contribution is 5.08. The third-order valence-electron chi connectivity index (χ3n) is 3.18. The third kappa shape index (κ3) is 6.54. The van der Waals surface area contributed by atoms with E-state index in [0.29, 0.717) is 0 Å². The number of allylic oxidation sites excluding steroid dienone is 4. The van der Waals surface area contributed by atoms with E-state index in [1.807, 2.05) is 0 Å². The third-order valence-corrected chi connectivity index (χ3v) is 3.18. The molecule has 0 spiro atoms. The number of hydrogen-bond donors (Lipinski definition) is 0. The summed E-state index contributed by atoms with van der Waals surface area (Å²) in [6.07, 6.45) is 10.9. The molecule has 0 heteroatoms. The van der Waals surface area contributed by atoms with E-state index in [1.165, 1.54) is 31.3 Å². The molecule has 15 heavy (non-hydrogen) atoms. The van der Waals surface area contributed by atoms with Gasteiger partial charge in [-0.05, 0) is 45.4 Å². The normalized spacial score (nSPS) is 13.7. The Hall–Kier alpha value is -0.520. The summed E-state index contributed by atoms with van der Waals surface area (Å²) in [6, 6.07) is 0. The SMILES string of the molecule is CCCC(C)=CCC=C(C)C(CC)CC. The average molecular weight is 208 g/mol. The first-order chi connectivity index (χ1) is 7.15. The second kappa shape index (κ2) is 8.76. The van der Waals surface area contributed by atoms with Crippen LogP contribution >= 0.6 is 0 Å². The zero-order valence-electron chi connectivity index (χ0n) is 11.3. The molecule has 0 heterocycles. The second-order valence-corrected chi connectivity index (χ2v) is 4.50. The molecule has 0 aromatic rings. The van der Waals surface area contributed by atoms with Gasteiger partial charge in [-0.3, -0.25) is 0 Å². The van der Waals surface area contributed by atoms with E-state index in [1.54, 1.807) is 5.57 Å². The Labute approximate surface area is 96.5 Å². The van der Waals surface area contributed by atoms with Crippen molar-refractivity contribution in [3.8, 4) is 0 Å².